The van der Waals surface area contributed by atoms with Gasteiger partial charge in [0.2, 0.25) is 23.7 Å². The van der Waals surface area contributed by atoms with Crippen molar-refractivity contribution in [3.8, 4) is 0 Å². The highest BCUT2D eigenvalue weighted by molar-refractivity contribution is 6.00. The Hall–Kier alpha value is -5.11. The number of piperidine rings is 2. The van der Waals surface area contributed by atoms with Gasteiger partial charge in [-0.1, -0.05) is 19.4 Å². The highest BCUT2D eigenvalue weighted by Gasteiger charge is 2.32. The third-order valence-corrected chi connectivity index (χ3v) is 12.1. The third-order valence-electron chi connectivity index (χ3n) is 12.1. The molecule has 2 saturated heterocycles. The number of hydrogen-bond donors (Lipinski definition) is 2. The molecule has 4 aromatic rings. The van der Waals surface area contributed by atoms with E-state index in [-0.39, 0.29) is 55.1 Å². The number of carbonyl (C=O) groups is 3. The monoisotopic (exact) mass is 866 g/mol. The van der Waals surface area contributed by atoms with Gasteiger partial charge in [0, 0.05) is 56.8 Å². The van der Waals surface area contributed by atoms with E-state index in [2.05, 4.69) is 20.6 Å². The van der Waals surface area contributed by atoms with E-state index in [1.165, 1.54) is 26.0 Å². The largest absolute Gasteiger partial charge is 0.379 e. The van der Waals surface area contributed by atoms with Crippen molar-refractivity contribution in [2.75, 3.05) is 71.3 Å². The molecule has 5 heterocycles. The first-order valence-corrected chi connectivity index (χ1v) is 21.6. The summed E-state index contributed by atoms with van der Waals surface area (Å²) >= 11 is 0. The van der Waals surface area contributed by atoms with Crippen molar-refractivity contribution in [1.29, 1.82) is 0 Å². The average molecular weight is 867 g/mol. The molecule has 1 saturated carbocycles. The number of carbonyl (C=O) groups excluding carboxylic acids is 3. The summed E-state index contributed by atoms with van der Waals surface area (Å²) in [6.07, 6.45) is 4.51. The molecule has 3 amide bonds. The summed E-state index contributed by atoms with van der Waals surface area (Å²) < 4.78 is 54.4. The van der Waals surface area contributed by atoms with Crippen LogP contribution in [0.2, 0.25) is 0 Å². The number of anilines is 1. The van der Waals surface area contributed by atoms with Crippen LogP contribution in [0, 0.1) is 5.92 Å². The van der Waals surface area contributed by atoms with Crippen LogP contribution in [0.25, 0.3) is 22.1 Å². The molecule has 0 radical (unpaired) electrons. The molecule has 62 heavy (non-hydrogen) atoms. The lowest BCUT2D eigenvalue weighted by Crippen LogP contribution is -2.44. The maximum Gasteiger partial charge on any atom is 0.329 e. The summed E-state index contributed by atoms with van der Waals surface area (Å²) in [5, 5.41) is 6.06. The minimum atomic E-state index is -2.89. The van der Waals surface area contributed by atoms with E-state index in [1.807, 2.05) is 25.1 Å². The molecule has 3 aromatic heterocycles. The van der Waals surface area contributed by atoms with E-state index in [0.29, 0.717) is 94.5 Å². The number of likely N-dealkylation sites (tertiary alicyclic amines) is 1. The van der Waals surface area contributed by atoms with Gasteiger partial charge in [0.05, 0.1) is 56.2 Å². The molecule has 7 rings (SSSR count). The number of imide groups is 1. The molecular weight excluding hydrogens is 811 g/mol. The lowest BCUT2D eigenvalue weighted by Gasteiger charge is -2.32. The third kappa shape index (κ3) is 10.6. The van der Waals surface area contributed by atoms with E-state index in [0.717, 1.165) is 43.2 Å². The van der Waals surface area contributed by atoms with Gasteiger partial charge >= 0.3 is 5.69 Å². The highest BCUT2D eigenvalue weighted by atomic mass is 19.3. The molecule has 0 bridgehead atoms. The number of fused-ring (bicyclic) bond motifs is 2. The van der Waals surface area contributed by atoms with Gasteiger partial charge in [0.1, 0.15) is 18.3 Å². The molecule has 3 atom stereocenters. The number of amides is 3. The summed E-state index contributed by atoms with van der Waals surface area (Å²) in [6, 6.07) is 6.04. The van der Waals surface area contributed by atoms with Crippen LogP contribution in [0.1, 0.15) is 87.9 Å². The Morgan fingerprint density at radius 2 is 1.60 bits per heavy atom. The van der Waals surface area contributed by atoms with Gasteiger partial charge in [0.25, 0.3) is 12.0 Å². The van der Waals surface area contributed by atoms with Crippen LogP contribution in [-0.2, 0) is 46.8 Å². The number of pyridine rings is 1. The minimum Gasteiger partial charge on any atom is -0.379 e. The second-order valence-electron chi connectivity index (χ2n) is 16.3. The molecule has 1 aromatic carbocycles. The second-order valence-corrected chi connectivity index (χ2v) is 16.3. The van der Waals surface area contributed by atoms with Gasteiger partial charge in [-0.05, 0) is 74.6 Å². The van der Waals surface area contributed by atoms with Gasteiger partial charge in [-0.2, -0.15) is 4.98 Å². The number of imidazole rings is 1. The Morgan fingerprint density at radius 3 is 2.27 bits per heavy atom. The van der Waals surface area contributed by atoms with Crippen molar-refractivity contribution >= 4 is 45.7 Å². The Bertz CT molecular complexity index is 2340. The standard InChI is InChI=1S/C43H56F2N8O9/c1-27-5-3-7-32(27)53-39-29(24-31(38(44)45)41(53)57)25-46-42(49-39)47-30-12-14-51(15-13-30)37(55)26-62-22-21-61-20-19-60-18-17-59-16-4-6-28-8-9-33-35(23-28)50(2)43(58)52(33)34-10-11-36(54)48-40(34)56/h8-9,23-25,27,30,32,34,38H,3-7,10-22,26H2,1-2H3,(H,46,47,49)(H,48,54,56). The molecule has 2 aliphatic heterocycles. The summed E-state index contributed by atoms with van der Waals surface area (Å²) in [7, 11) is 1.68. The van der Waals surface area contributed by atoms with Crippen LogP contribution in [0.3, 0.4) is 0 Å². The number of benzene rings is 1. The fourth-order valence-electron chi connectivity index (χ4n) is 8.72. The summed E-state index contributed by atoms with van der Waals surface area (Å²) in [5.41, 5.74) is 1.28. The van der Waals surface area contributed by atoms with E-state index >= 15 is 0 Å². The molecule has 3 fully saturated rings. The van der Waals surface area contributed by atoms with E-state index in [1.54, 1.807) is 11.9 Å². The fourth-order valence-corrected chi connectivity index (χ4v) is 8.72. The normalized spacial score (nSPS) is 19.9. The van der Waals surface area contributed by atoms with Crippen molar-refractivity contribution < 1.29 is 42.1 Å². The molecule has 17 nitrogen and oxygen atoms in total. The molecule has 3 aliphatic rings. The molecular formula is C43H56F2N8O9. The Kier molecular flexibility index (Phi) is 15.1. The molecule has 1 aliphatic carbocycles. The first kappa shape index (κ1) is 44.9. The van der Waals surface area contributed by atoms with Crippen LogP contribution in [0.4, 0.5) is 14.7 Å². The predicted octanol–water partition coefficient (Wildman–Crippen LogP) is 3.82. The molecule has 336 valence electrons. The van der Waals surface area contributed by atoms with Crippen molar-refractivity contribution in [3.05, 3.63) is 62.4 Å². The van der Waals surface area contributed by atoms with Crippen molar-refractivity contribution in [1.82, 2.24) is 33.9 Å². The minimum absolute atomic E-state index is 0.00612. The van der Waals surface area contributed by atoms with Gasteiger partial charge in [-0.25, -0.2) is 18.6 Å². The lowest BCUT2D eigenvalue weighted by atomic mass is 10.0. The van der Waals surface area contributed by atoms with Gasteiger partial charge in [0.15, 0.2) is 0 Å². The van der Waals surface area contributed by atoms with Crippen LogP contribution < -0.4 is 21.9 Å². The number of ether oxygens (including phenoxy) is 4. The van der Waals surface area contributed by atoms with Gasteiger partial charge in [-0.3, -0.25) is 38.2 Å². The van der Waals surface area contributed by atoms with Crippen LogP contribution in [0.15, 0.2) is 40.1 Å². The number of alkyl halides is 2. The Balaban J connectivity index is 0.722. The molecule has 19 heteroatoms. The number of hydrogen-bond acceptors (Lipinski definition) is 12. The number of aromatic nitrogens is 5. The van der Waals surface area contributed by atoms with E-state index < -0.39 is 29.5 Å². The number of aryl methyl sites for hydroxylation is 2. The fraction of sp³-hybridized carbons (Fsp3) is 0.605. The summed E-state index contributed by atoms with van der Waals surface area (Å²) in [6.45, 7) is 5.80. The van der Waals surface area contributed by atoms with Crippen molar-refractivity contribution in [2.24, 2.45) is 13.0 Å². The van der Waals surface area contributed by atoms with Gasteiger partial charge in [-0.15, -0.1) is 0 Å². The molecule has 3 unspecified atom stereocenters. The van der Waals surface area contributed by atoms with Crippen LogP contribution in [-0.4, -0.2) is 118 Å². The highest BCUT2D eigenvalue weighted by Crippen LogP contribution is 2.36. The smallest absolute Gasteiger partial charge is 0.329 e. The number of nitrogens with zero attached hydrogens (tertiary/aromatic N) is 6. The summed E-state index contributed by atoms with van der Waals surface area (Å²) in [5.74, 6) is -0.384. The van der Waals surface area contributed by atoms with Crippen molar-refractivity contribution in [3.63, 3.8) is 0 Å². The Labute approximate surface area is 357 Å². The van der Waals surface area contributed by atoms with E-state index in [4.69, 9.17) is 18.9 Å². The maximum absolute atomic E-state index is 13.8. The quantitative estimate of drug-likeness (QED) is 0.0967. The van der Waals surface area contributed by atoms with Gasteiger partial charge < -0.3 is 29.2 Å². The van der Waals surface area contributed by atoms with Crippen molar-refractivity contribution in [2.45, 2.75) is 89.3 Å². The molecule has 2 N–H and O–H groups in total. The first-order valence-electron chi connectivity index (χ1n) is 21.6. The Morgan fingerprint density at radius 1 is 0.887 bits per heavy atom. The number of rotatable bonds is 20. The zero-order chi connectivity index (χ0) is 43.8. The predicted molar refractivity (Wildman–Crippen MR) is 224 cm³/mol. The number of halogens is 2. The first-order chi connectivity index (χ1) is 30.0. The zero-order valence-electron chi connectivity index (χ0n) is 35.3. The van der Waals surface area contributed by atoms with Crippen LogP contribution in [0.5, 0.6) is 0 Å². The summed E-state index contributed by atoms with van der Waals surface area (Å²) in [4.78, 5) is 73.8. The maximum atomic E-state index is 13.8. The van der Waals surface area contributed by atoms with Crippen LogP contribution >= 0.6 is 0 Å². The zero-order valence-corrected chi connectivity index (χ0v) is 35.3. The lowest BCUT2D eigenvalue weighted by molar-refractivity contribution is -0.138. The topological polar surface area (TPSA) is 190 Å². The molecule has 0 spiro atoms. The SMILES string of the molecule is CC1CCCC1n1c(=O)c(C(F)F)cc2cnc(NC3CCN(C(=O)COCCOCCOCCOCCCc4ccc5c(c4)n(C)c(=O)n5C4CCC(=O)NC4=O)CC3)nc21. The second kappa shape index (κ2) is 20.8. The number of nitrogens with one attached hydrogen (secondary N) is 2. The average Bonchev–Trinajstić information content (AvgIpc) is 3.79. The van der Waals surface area contributed by atoms with E-state index in [9.17, 15) is 32.8 Å².